The molecular weight excluding hydrogens is 248 g/mol. The average Bonchev–Trinajstić information content (AvgIpc) is 2.71. The lowest BCUT2D eigenvalue weighted by Gasteiger charge is -2.20. The summed E-state index contributed by atoms with van der Waals surface area (Å²) in [6.07, 6.45) is 1.75. The molecule has 0 saturated carbocycles. The van der Waals surface area contributed by atoms with E-state index in [1.807, 2.05) is 6.07 Å². The summed E-state index contributed by atoms with van der Waals surface area (Å²) in [6, 6.07) is 6.39. The molecule has 0 atom stereocenters. The van der Waals surface area contributed by atoms with E-state index in [0.29, 0.717) is 5.52 Å². The minimum Gasteiger partial charge on any atom is -0.481 e. The van der Waals surface area contributed by atoms with E-state index in [4.69, 9.17) is 5.11 Å². The Kier molecular flexibility index (Phi) is 3.01. The van der Waals surface area contributed by atoms with Crippen LogP contribution in [0.2, 0.25) is 0 Å². The van der Waals surface area contributed by atoms with E-state index in [1.165, 1.54) is 12.1 Å². The molecule has 100 valence electrons. The molecule has 0 saturated heterocycles. The minimum atomic E-state index is -0.934. The van der Waals surface area contributed by atoms with Gasteiger partial charge in [-0.1, -0.05) is 0 Å². The van der Waals surface area contributed by atoms with Crippen LogP contribution in [-0.4, -0.2) is 20.6 Å². The number of aliphatic carboxylic acids is 1. The number of nitrogens with zero attached hydrogens (tertiary/aromatic N) is 2. The number of carbonyl (C=O) groups is 1. The summed E-state index contributed by atoms with van der Waals surface area (Å²) in [7, 11) is 0. The van der Waals surface area contributed by atoms with Crippen LogP contribution in [-0.2, 0) is 11.3 Å². The summed E-state index contributed by atoms with van der Waals surface area (Å²) >= 11 is 0. The van der Waals surface area contributed by atoms with E-state index in [0.717, 1.165) is 5.39 Å². The molecule has 0 unspecified atom stereocenters. The Morgan fingerprint density at radius 3 is 2.68 bits per heavy atom. The molecule has 0 aliphatic rings. The summed E-state index contributed by atoms with van der Waals surface area (Å²) < 4.78 is 1.73. The zero-order chi connectivity index (χ0) is 14.2. The lowest BCUT2D eigenvalue weighted by Crippen LogP contribution is -2.28. The van der Waals surface area contributed by atoms with Crippen molar-refractivity contribution in [1.29, 1.82) is 0 Å². The van der Waals surface area contributed by atoms with Crippen LogP contribution in [0.25, 0.3) is 10.9 Å². The Morgan fingerprint density at radius 1 is 1.42 bits per heavy atom. The second-order valence-corrected chi connectivity index (χ2v) is 5.13. The molecule has 0 amide bonds. The molecule has 19 heavy (non-hydrogen) atoms. The Labute approximate surface area is 109 Å². The largest absolute Gasteiger partial charge is 0.481 e. The molecule has 6 heteroatoms. The van der Waals surface area contributed by atoms with Gasteiger partial charge in [0.25, 0.3) is 5.69 Å². The molecule has 0 radical (unpaired) electrons. The Balaban J connectivity index is 2.47. The van der Waals surface area contributed by atoms with Crippen LogP contribution in [0.1, 0.15) is 13.8 Å². The van der Waals surface area contributed by atoms with Gasteiger partial charge in [-0.2, -0.15) is 0 Å². The van der Waals surface area contributed by atoms with E-state index in [2.05, 4.69) is 0 Å². The van der Waals surface area contributed by atoms with Crippen molar-refractivity contribution in [3.63, 3.8) is 0 Å². The van der Waals surface area contributed by atoms with Crippen molar-refractivity contribution >= 4 is 22.6 Å². The highest BCUT2D eigenvalue weighted by Gasteiger charge is 2.28. The number of non-ortho nitro benzene ring substituents is 1. The van der Waals surface area contributed by atoms with Gasteiger partial charge in [-0.25, -0.2) is 0 Å². The van der Waals surface area contributed by atoms with Crippen molar-refractivity contribution < 1.29 is 14.8 Å². The topological polar surface area (TPSA) is 85.4 Å². The van der Waals surface area contributed by atoms with Gasteiger partial charge in [0.15, 0.2) is 0 Å². The maximum absolute atomic E-state index is 11.1. The van der Waals surface area contributed by atoms with Crippen LogP contribution >= 0.6 is 0 Å². The lowest BCUT2D eigenvalue weighted by molar-refractivity contribution is -0.384. The maximum Gasteiger partial charge on any atom is 0.310 e. The summed E-state index contributed by atoms with van der Waals surface area (Å²) in [5.74, 6) is -0.903. The van der Waals surface area contributed by atoms with Gasteiger partial charge in [0.2, 0.25) is 0 Å². The van der Waals surface area contributed by atoms with E-state index >= 15 is 0 Å². The number of aromatic nitrogens is 1. The third-order valence-electron chi connectivity index (χ3n) is 3.11. The standard InChI is InChI=1S/C13H14N2O4/c1-13(2,12(16)17)8-14-6-5-9-3-4-10(15(18)19)7-11(9)14/h3-7H,8H2,1-2H3,(H,16,17). The quantitative estimate of drug-likeness (QED) is 0.678. The van der Waals surface area contributed by atoms with Crippen molar-refractivity contribution in [3.05, 3.63) is 40.6 Å². The monoisotopic (exact) mass is 262 g/mol. The Hall–Kier alpha value is -2.37. The average molecular weight is 262 g/mol. The third kappa shape index (κ3) is 2.42. The first kappa shape index (κ1) is 13.1. The van der Waals surface area contributed by atoms with Gasteiger partial charge < -0.3 is 9.67 Å². The predicted octanol–water partition coefficient (Wildman–Crippen LogP) is 2.66. The molecule has 0 aliphatic carbocycles. The zero-order valence-corrected chi connectivity index (χ0v) is 10.7. The Morgan fingerprint density at radius 2 is 2.11 bits per heavy atom. The van der Waals surface area contributed by atoms with Gasteiger partial charge in [0, 0.05) is 30.3 Å². The highest BCUT2D eigenvalue weighted by Crippen LogP contribution is 2.26. The van der Waals surface area contributed by atoms with Gasteiger partial charge in [-0.15, -0.1) is 0 Å². The first-order valence-corrected chi connectivity index (χ1v) is 5.78. The molecule has 1 aromatic heterocycles. The molecule has 2 aromatic rings. The second kappa shape index (κ2) is 4.38. The molecule has 0 bridgehead atoms. The van der Waals surface area contributed by atoms with Gasteiger partial charge in [0.05, 0.1) is 15.9 Å². The van der Waals surface area contributed by atoms with Crippen LogP contribution in [0.15, 0.2) is 30.5 Å². The van der Waals surface area contributed by atoms with Crippen LogP contribution in [0.4, 0.5) is 5.69 Å². The number of carboxylic acids is 1. The molecular formula is C13H14N2O4. The summed E-state index contributed by atoms with van der Waals surface area (Å²) in [6.45, 7) is 3.50. The summed E-state index contributed by atoms with van der Waals surface area (Å²) in [4.78, 5) is 21.5. The number of fused-ring (bicyclic) bond motifs is 1. The summed E-state index contributed by atoms with van der Waals surface area (Å²) in [5.41, 5.74) is -0.263. The SMILES string of the molecule is CC(C)(Cn1ccc2ccc([N+](=O)[O-])cc21)C(=O)O. The fourth-order valence-electron chi connectivity index (χ4n) is 1.92. The van der Waals surface area contributed by atoms with Gasteiger partial charge >= 0.3 is 5.97 Å². The predicted molar refractivity (Wildman–Crippen MR) is 70.0 cm³/mol. The van der Waals surface area contributed by atoms with Gasteiger partial charge in [-0.05, 0) is 26.0 Å². The van der Waals surface area contributed by atoms with Gasteiger partial charge in [-0.3, -0.25) is 14.9 Å². The Bertz CT molecular complexity index is 658. The number of carboxylic acid groups (broad SMARTS) is 1. The second-order valence-electron chi connectivity index (χ2n) is 5.13. The van der Waals surface area contributed by atoms with Crippen LogP contribution in [0, 0.1) is 15.5 Å². The van der Waals surface area contributed by atoms with E-state index < -0.39 is 16.3 Å². The fraction of sp³-hybridized carbons (Fsp3) is 0.308. The van der Waals surface area contributed by atoms with E-state index in [1.54, 1.807) is 30.7 Å². The van der Waals surface area contributed by atoms with Crippen molar-refractivity contribution in [2.75, 3.05) is 0 Å². The highest BCUT2D eigenvalue weighted by molar-refractivity contribution is 5.83. The number of benzene rings is 1. The smallest absolute Gasteiger partial charge is 0.310 e. The van der Waals surface area contributed by atoms with Crippen LogP contribution in [0.5, 0.6) is 0 Å². The van der Waals surface area contributed by atoms with E-state index in [-0.39, 0.29) is 12.2 Å². The normalized spacial score (nSPS) is 11.7. The molecule has 1 aromatic carbocycles. The molecule has 6 nitrogen and oxygen atoms in total. The van der Waals surface area contributed by atoms with Crippen molar-refractivity contribution in [2.45, 2.75) is 20.4 Å². The first-order chi connectivity index (χ1) is 8.81. The van der Waals surface area contributed by atoms with Crippen LogP contribution in [0.3, 0.4) is 0 Å². The molecule has 0 fully saturated rings. The number of nitro benzene ring substituents is 1. The molecule has 2 rings (SSSR count). The van der Waals surface area contributed by atoms with Crippen molar-refractivity contribution in [2.24, 2.45) is 5.41 Å². The van der Waals surface area contributed by atoms with Crippen molar-refractivity contribution in [3.8, 4) is 0 Å². The van der Waals surface area contributed by atoms with Crippen LogP contribution < -0.4 is 0 Å². The number of hydrogen-bond acceptors (Lipinski definition) is 3. The molecule has 1 N–H and O–H groups in total. The van der Waals surface area contributed by atoms with E-state index in [9.17, 15) is 14.9 Å². The third-order valence-corrected chi connectivity index (χ3v) is 3.11. The minimum absolute atomic E-state index is 0.000538. The molecule has 0 spiro atoms. The molecule has 1 heterocycles. The molecule has 0 aliphatic heterocycles. The summed E-state index contributed by atoms with van der Waals surface area (Å²) in [5, 5.41) is 20.8. The zero-order valence-electron chi connectivity index (χ0n) is 10.7. The number of hydrogen-bond donors (Lipinski definition) is 1. The fourth-order valence-corrected chi connectivity index (χ4v) is 1.92. The van der Waals surface area contributed by atoms with Gasteiger partial charge in [0.1, 0.15) is 0 Å². The van der Waals surface area contributed by atoms with Crippen molar-refractivity contribution in [1.82, 2.24) is 4.57 Å². The lowest BCUT2D eigenvalue weighted by atomic mass is 9.94. The number of nitro groups is 1. The first-order valence-electron chi connectivity index (χ1n) is 5.78. The maximum atomic E-state index is 11.1. The highest BCUT2D eigenvalue weighted by atomic mass is 16.6. The number of rotatable bonds is 4.